The maximum Gasteiger partial charge on any atom is 0.0792 e. The van der Waals surface area contributed by atoms with E-state index in [-0.39, 0.29) is 11.5 Å². The maximum atomic E-state index is 9.95. The molecule has 1 N–H and O–H groups in total. The molecule has 1 aliphatic rings. The number of aliphatic hydroxyl groups is 1. The highest BCUT2D eigenvalue weighted by molar-refractivity contribution is 5.37. The van der Waals surface area contributed by atoms with E-state index in [1.54, 1.807) is 0 Å². The second-order valence-electron chi connectivity index (χ2n) is 5.57. The summed E-state index contributed by atoms with van der Waals surface area (Å²) in [4.78, 5) is 0. The van der Waals surface area contributed by atoms with Crippen molar-refractivity contribution in [1.29, 1.82) is 0 Å². The zero-order valence-electron chi connectivity index (χ0n) is 9.88. The highest BCUT2D eigenvalue weighted by Gasteiger charge is 2.21. The fourth-order valence-corrected chi connectivity index (χ4v) is 2.24. The molecule has 0 radical (unpaired) electrons. The molecule has 0 amide bonds. The summed E-state index contributed by atoms with van der Waals surface area (Å²) < 4.78 is 0. The number of fused-ring (bicyclic) bond motifs is 1. The quantitative estimate of drug-likeness (QED) is 0.687. The second-order valence-corrected chi connectivity index (χ2v) is 5.57. The smallest absolute Gasteiger partial charge is 0.0792 e. The Kier molecular flexibility index (Phi) is 2.59. The summed E-state index contributed by atoms with van der Waals surface area (Å²) >= 11 is 0. The van der Waals surface area contributed by atoms with Crippen LogP contribution < -0.4 is 0 Å². The van der Waals surface area contributed by atoms with E-state index in [1.807, 2.05) is 0 Å². The number of hydrogen-bond acceptors (Lipinski definition) is 1. The van der Waals surface area contributed by atoms with Gasteiger partial charge in [0.1, 0.15) is 0 Å². The van der Waals surface area contributed by atoms with Crippen molar-refractivity contribution in [2.75, 3.05) is 0 Å². The fraction of sp³-hybridized carbons (Fsp3) is 0.571. The van der Waals surface area contributed by atoms with Crippen molar-refractivity contribution in [2.45, 2.75) is 51.6 Å². The van der Waals surface area contributed by atoms with E-state index in [9.17, 15) is 5.11 Å². The van der Waals surface area contributed by atoms with Crippen molar-refractivity contribution in [1.82, 2.24) is 0 Å². The molecule has 0 heterocycles. The largest absolute Gasteiger partial charge is 0.388 e. The van der Waals surface area contributed by atoms with Crippen molar-refractivity contribution < 1.29 is 5.11 Å². The minimum absolute atomic E-state index is 0.173. The number of benzene rings is 1. The van der Waals surface area contributed by atoms with Gasteiger partial charge in [-0.15, -0.1) is 0 Å². The predicted octanol–water partition coefficient (Wildman–Crippen LogP) is 3.35. The Labute approximate surface area is 92.1 Å². The van der Waals surface area contributed by atoms with Crippen LogP contribution in [0, 0.1) is 0 Å². The lowest BCUT2D eigenvalue weighted by Crippen LogP contribution is -2.15. The molecular formula is C14H20O. The van der Waals surface area contributed by atoms with Crippen molar-refractivity contribution in [3.05, 3.63) is 34.9 Å². The normalized spacial score (nSPS) is 21.2. The summed E-state index contributed by atoms with van der Waals surface area (Å²) in [6, 6.07) is 6.59. The van der Waals surface area contributed by atoms with Crippen LogP contribution in [-0.2, 0) is 11.8 Å². The molecule has 1 unspecified atom stereocenters. The molecule has 1 nitrogen and oxygen atoms in total. The Hall–Kier alpha value is -0.820. The standard InChI is InChI=1S/C14H20O/c1-14(2,3)11-8-7-10-5-4-6-13(15)12(10)9-11/h7-9,13,15H,4-6H2,1-3H3. The van der Waals surface area contributed by atoms with Crippen LogP contribution in [0.15, 0.2) is 18.2 Å². The first-order chi connectivity index (χ1) is 6.98. The Balaban J connectivity index is 2.44. The van der Waals surface area contributed by atoms with Gasteiger partial charge in [-0.3, -0.25) is 0 Å². The lowest BCUT2D eigenvalue weighted by molar-refractivity contribution is 0.156. The minimum atomic E-state index is -0.240. The van der Waals surface area contributed by atoms with Crippen LogP contribution in [0.25, 0.3) is 0 Å². The summed E-state index contributed by atoms with van der Waals surface area (Å²) in [5.41, 5.74) is 3.99. The van der Waals surface area contributed by atoms with Gasteiger partial charge < -0.3 is 5.11 Å². The van der Waals surface area contributed by atoms with Crippen molar-refractivity contribution in [3.63, 3.8) is 0 Å². The summed E-state index contributed by atoms with van der Waals surface area (Å²) in [6.07, 6.45) is 2.91. The number of rotatable bonds is 0. The van der Waals surface area contributed by atoms with E-state index in [0.717, 1.165) is 24.8 Å². The molecule has 0 saturated carbocycles. The van der Waals surface area contributed by atoms with E-state index in [0.29, 0.717) is 0 Å². The van der Waals surface area contributed by atoms with Crippen LogP contribution in [0.3, 0.4) is 0 Å². The molecular weight excluding hydrogens is 184 g/mol. The number of aryl methyl sites for hydroxylation is 1. The molecule has 1 heteroatoms. The monoisotopic (exact) mass is 204 g/mol. The first kappa shape index (κ1) is 10.7. The molecule has 82 valence electrons. The molecule has 1 atom stereocenters. The molecule has 0 bridgehead atoms. The van der Waals surface area contributed by atoms with Crippen LogP contribution >= 0.6 is 0 Å². The van der Waals surface area contributed by atoms with Crippen LogP contribution in [-0.4, -0.2) is 5.11 Å². The molecule has 0 spiro atoms. The van der Waals surface area contributed by atoms with Gasteiger partial charge in [0.15, 0.2) is 0 Å². The van der Waals surface area contributed by atoms with Gasteiger partial charge in [0.25, 0.3) is 0 Å². The van der Waals surface area contributed by atoms with Crippen LogP contribution in [0.2, 0.25) is 0 Å². The van der Waals surface area contributed by atoms with E-state index in [2.05, 4.69) is 39.0 Å². The fourth-order valence-electron chi connectivity index (χ4n) is 2.24. The number of hydrogen-bond donors (Lipinski definition) is 1. The van der Waals surface area contributed by atoms with E-state index in [4.69, 9.17) is 0 Å². The van der Waals surface area contributed by atoms with Gasteiger partial charge >= 0.3 is 0 Å². The van der Waals surface area contributed by atoms with Gasteiger partial charge in [-0.05, 0) is 41.4 Å². The molecule has 0 aromatic heterocycles. The van der Waals surface area contributed by atoms with Gasteiger partial charge in [-0.1, -0.05) is 39.0 Å². The maximum absolute atomic E-state index is 9.95. The highest BCUT2D eigenvalue weighted by atomic mass is 16.3. The Morgan fingerprint density at radius 1 is 1.27 bits per heavy atom. The van der Waals surface area contributed by atoms with Gasteiger partial charge in [0, 0.05) is 0 Å². The third-order valence-electron chi connectivity index (χ3n) is 3.29. The zero-order chi connectivity index (χ0) is 11.1. The average Bonchev–Trinajstić information content (AvgIpc) is 2.16. The first-order valence-corrected chi connectivity index (χ1v) is 5.80. The predicted molar refractivity (Wildman–Crippen MR) is 63.0 cm³/mol. The molecule has 0 fully saturated rings. The molecule has 2 rings (SSSR count). The highest BCUT2D eigenvalue weighted by Crippen LogP contribution is 2.33. The van der Waals surface area contributed by atoms with Gasteiger partial charge in [-0.25, -0.2) is 0 Å². The topological polar surface area (TPSA) is 20.2 Å². The third kappa shape index (κ3) is 2.07. The van der Waals surface area contributed by atoms with Crippen molar-refractivity contribution in [2.24, 2.45) is 0 Å². The number of aliphatic hydroxyl groups excluding tert-OH is 1. The van der Waals surface area contributed by atoms with E-state index in [1.165, 1.54) is 11.1 Å². The Morgan fingerprint density at radius 2 is 2.00 bits per heavy atom. The molecule has 1 aromatic carbocycles. The molecule has 0 aliphatic heterocycles. The van der Waals surface area contributed by atoms with Crippen LogP contribution in [0.4, 0.5) is 0 Å². The molecule has 15 heavy (non-hydrogen) atoms. The van der Waals surface area contributed by atoms with E-state index >= 15 is 0 Å². The lowest BCUT2D eigenvalue weighted by atomic mass is 9.81. The Morgan fingerprint density at radius 3 is 2.67 bits per heavy atom. The van der Waals surface area contributed by atoms with Crippen molar-refractivity contribution >= 4 is 0 Å². The SMILES string of the molecule is CC(C)(C)c1ccc2c(c1)C(O)CCC2. The summed E-state index contributed by atoms with van der Waals surface area (Å²) in [7, 11) is 0. The second kappa shape index (κ2) is 3.64. The molecule has 1 aromatic rings. The van der Waals surface area contributed by atoms with Crippen LogP contribution in [0.5, 0.6) is 0 Å². The summed E-state index contributed by atoms with van der Waals surface area (Å²) in [5.74, 6) is 0. The van der Waals surface area contributed by atoms with Crippen molar-refractivity contribution in [3.8, 4) is 0 Å². The minimum Gasteiger partial charge on any atom is -0.388 e. The van der Waals surface area contributed by atoms with Gasteiger partial charge in [-0.2, -0.15) is 0 Å². The zero-order valence-corrected chi connectivity index (χ0v) is 9.88. The average molecular weight is 204 g/mol. The summed E-state index contributed by atoms with van der Waals surface area (Å²) in [6.45, 7) is 6.64. The summed E-state index contributed by atoms with van der Waals surface area (Å²) in [5, 5.41) is 9.95. The van der Waals surface area contributed by atoms with Gasteiger partial charge in [0.2, 0.25) is 0 Å². The third-order valence-corrected chi connectivity index (χ3v) is 3.29. The van der Waals surface area contributed by atoms with Gasteiger partial charge in [0.05, 0.1) is 6.10 Å². The lowest BCUT2D eigenvalue weighted by Gasteiger charge is -2.26. The van der Waals surface area contributed by atoms with Crippen LogP contribution in [0.1, 0.15) is 56.4 Å². The van der Waals surface area contributed by atoms with E-state index < -0.39 is 0 Å². The molecule has 0 saturated heterocycles. The molecule has 1 aliphatic carbocycles. The first-order valence-electron chi connectivity index (χ1n) is 5.80. The Bertz CT molecular complexity index is 360.